The first-order valence-corrected chi connectivity index (χ1v) is 12.5. The Labute approximate surface area is 219 Å². The number of nitrogens with one attached hydrogen (secondary N) is 1. The molecule has 3 aromatic rings. The fourth-order valence-electron chi connectivity index (χ4n) is 3.70. The minimum atomic E-state index is -1.24. The van der Waals surface area contributed by atoms with Crippen LogP contribution in [0.3, 0.4) is 0 Å². The third kappa shape index (κ3) is 6.23. The van der Waals surface area contributed by atoms with Gasteiger partial charge in [0.05, 0.1) is 11.4 Å². The number of carbonyl (C=O) groups is 3. The Morgan fingerprint density at radius 2 is 1.73 bits per heavy atom. The number of halogens is 1. The zero-order chi connectivity index (χ0) is 27.3. The Bertz CT molecular complexity index is 1280. The molecule has 0 saturated heterocycles. The van der Waals surface area contributed by atoms with Crippen molar-refractivity contribution in [1.82, 2.24) is 9.69 Å². The molecular formula is C26H31FN6O3S. The highest BCUT2D eigenvalue weighted by molar-refractivity contribution is 7.09. The van der Waals surface area contributed by atoms with E-state index in [9.17, 15) is 14.4 Å². The van der Waals surface area contributed by atoms with Crippen LogP contribution in [0.1, 0.15) is 52.0 Å². The van der Waals surface area contributed by atoms with Crippen LogP contribution >= 0.6 is 11.5 Å². The van der Waals surface area contributed by atoms with E-state index < -0.39 is 29.6 Å². The topological polar surface area (TPSA) is 135 Å². The number of aromatic nitrogens is 1. The Hall–Kier alpha value is -3.99. The third-order valence-electron chi connectivity index (χ3n) is 5.74. The number of hydrogen-bond donors (Lipinski definition) is 3. The molecule has 0 spiro atoms. The number of carbonyl (C=O) groups excluding carboxylic acids is 3. The number of primary amides is 1. The molecule has 2 aromatic carbocycles. The summed E-state index contributed by atoms with van der Waals surface area (Å²) in [7, 11) is 3.76. The van der Waals surface area contributed by atoms with Crippen LogP contribution in [0.5, 0.6) is 0 Å². The van der Waals surface area contributed by atoms with Gasteiger partial charge in [-0.2, -0.15) is 4.37 Å². The third-order valence-corrected chi connectivity index (χ3v) is 6.59. The molecule has 9 nitrogen and oxygen atoms in total. The lowest BCUT2D eigenvalue weighted by Gasteiger charge is -2.31. The predicted molar refractivity (Wildman–Crippen MR) is 144 cm³/mol. The number of nitrogens with two attached hydrogens (primary N) is 2. The van der Waals surface area contributed by atoms with E-state index in [-0.39, 0.29) is 21.9 Å². The van der Waals surface area contributed by atoms with Crippen molar-refractivity contribution in [1.29, 1.82) is 0 Å². The summed E-state index contributed by atoms with van der Waals surface area (Å²) in [5, 5.41) is 2.88. The van der Waals surface area contributed by atoms with Gasteiger partial charge in [0.2, 0.25) is 5.91 Å². The highest BCUT2D eigenvalue weighted by Gasteiger charge is 2.37. The average Bonchev–Trinajstić information content (AvgIpc) is 3.24. The van der Waals surface area contributed by atoms with Crippen LogP contribution in [0, 0.1) is 11.7 Å². The molecule has 1 unspecified atom stereocenters. The first-order valence-electron chi connectivity index (χ1n) is 11.7. The maximum atomic E-state index is 15.2. The summed E-state index contributed by atoms with van der Waals surface area (Å²) in [6, 6.07) is 11.4. The molecule has 1 aromatic heterocycles. The molecular weight excluding hydrogens is 495 g/mol. The summed E-state index contributed by atoms with van der Waals surface area (Å²) in [5.41, 5.74) is 12.1. The van der Waals surface area contributed by atoms with Gasteiger partial charge in [-0.1, -0.05) is 38.1 Å². The van der Waals surface area contributed by atoms with Crippen molar-refractivity contribution in [2.45, 2.75) is 26.3 Å². The molecule has 1 heterocycles. The standard InChI is InChI=1S/C26H31FN6O3S/c1-15(2)13-14-30-25(35)22(16-9-11-17(12-10-16)32(3)4)33(19-8-6-5-7-18(19)27)26(36)23-20(28)21(24(29)34)31-37-23/h5-12,15,22H,13-14,28H2,1-4H3,(H2,29,34)(H,30,35). The second-order valence-electron chi connectivity index (χ2n) is 9.13. The highest BCUT2D eigenvalue weighted by atomic mass is 32.1. The molecule has 3 rings (SSSR count). The second kappa shape index (κ2) is 11.8. The van der Waals surface area contributed by atoms with Crippen molar-refractivity contribution in [2.75, 3.05) is 36.2 Å². The molecule has 3 amide bonds. The van der Waals surface area contributed by atoms with Crippen LogP contribution in [0.2, 0.25) is 0 Å². The molecule has 5 N–H and O–H groups in total. The van der Waals surface area contributed by atoms with E-state index in [1.54, 1.807) is 30.3 Å². The molecule has 0 bridgehead atoms. The Kier molecular flexibility index (Phi) is 8.82. The smallest absolute Gasteiger partial charge is 0.273 e. The van der Waals surface area contributed by atoms with Crippen LogP contribution in [-0.2, 0) is 4.79 Å². The molecule has 11 heteroatoms. The average molecular weight is 527 g/mol. The van der Waals surface area contributed by atoms with E-state index in [1.165, 1.54) is 18.2 Å². The molecule has 0 aliphatic rings. The van der Waals surface area contributed by atoms with Crippen molar-refractivity contribution < 1.29 is 18.8 Å². The van der Waals surface area contributed by atoms with Crippen LogP contribution in [0.15, 0.2) is 48.5 Å². The minimum Gasteiger partial charge on any atom is -0.395 e. The number of nitrogen functional groups attached to an aromatic ring is 1. The van der Waals surface area contributed by atoms with E-state index in [0.717, 1.165) is 17.0 Å². The first kappa shape index (κ1) is 27.6. The van der Waals surface area contributed by atoms with Gasteiger partial charge in [0.1, 0.15) is 16.7 Å². The summed E-state index contributed by atoms with van der Waals surface area (Å²) >= 11 is 0.666. The predicted octanol–water partition coefficient (Wildman–Crippen LogP) is 3.58. The van der Waals surface area contributed by atoms with Gasteiger partial charge in [0.15, 0.2) is 5.69 Å². The van der Waals surface area contributed by atoms with Gasteiger partial charge in [-0.25, -0.2) is 4.39 Å². The molecule has 0 radical (unpaired) electrons. The Morgan fingerprint density at radius 3 is 2.27 bits per heavy atom. The molecule has 0 aliphatic heterocycles. The number of amides is 3. The van der Waals surface area contributed by atoms with Gasteiger partial charge in [-0.3, -0.25) is 19.3 Å². The van der Waals surface area contributed by atoms with Crippen LogP contribution in [0.4, 0.5) is 21.5 Å². The van der Waals surface area contributed by atoms with Crippen LogP contribution in [-0.4, -0.2) is 42.7 Å². The number of nitrogens with zero attached hydrogens (tertiary/aromatic N) is 3. The summed E-state index contributed by atoms with van der Waals surface area (Å²) in [6.45, 7) is 4.43. The van der Waals surface area contributed by atoms with Gasteiger partial charge in [0.25, 0.3) is 11.8 Å². The van der Waals surface area contributed by atoms with Gasteiger partial charge in [-0.15, -0.1) is 0 Å². The molecule has 196 valence electrons. The maximum absolute atomic E-state index is 15.2. The maximum Gasteiger partial charge on any atom is 0.273 e. The second-order valence-corrected chi connectivity index (χ2v) is 9.90. The van der Waals surface area contributed by atoms with E-state index in [2.05, 4.69) is 9.69 Å². The number of anilines is 3. The molecule has 0 saturated carbocycles. The Balaban J connectivity index is 2.18. The van der Waals surface area contributed by atoms with E-state index >= 15 is 4.39 Å². The summed E-state index contributed by atoms with van der Waals surface area (Å²) in [6.07, 6.45) is 0.718. The van der Waals surface area contributed by atoms with Crippen molar-refractivity contribution in [3.05, 3.63) is 70.5 Å². The summed E-state index contributed by atoms with van der Waals surface area (Å²) in [5.74, 6) is -2.54. The van der Waals surface area contributed by atoms with Crippen molar-refractivity contribution >= 4 is 46.3 Å². The monoisotopic (exact) mass is 526 g/mol. The lowest BCUT2D eigenvalue weighted by Crippen LogP contribution is -2.44. The zero-order valence-corrected chi connectivity index (χ0v) is 22.0. The highest BCUT2D eigenvalue weighted by Crippen LogP contribution is 2.35. The van der Waals surface area contributed by atoms with Gasteiger partial charge >= 0.3 is 0 Å². The quantitative estimate of drug-likeness (QED) is 0.370. The van der Waals surface area contributed by atoms with E-state index in [1.807, 2.05) is 32.8 Å². The number of rotatable bonds is 10. The molecule has 37 heavy (non-hydrogen) atoms. The zero-order valence-electron chi connectivity index (χ0n) is 21.2. The SMILES string of the molecule is CC(C)CCNC(=O)C(c1ccc(N(C)C)cc1)N(C(=O)c1snc(C(N)=O)c1N)c1ccccc1F. The normalized spacial score (nSPS) is 11.7. The molecule has 0 aliphatic carbocycles. The van der Waals surface area contributed by atoms with Crippen LogP contribution in [0.25, 0.3) is 0 Å². The van der Waals surface area contributed by atoms with E-state index in [4.69, 9.17) is 11.5 Å². The van der Waals surface area contributed by atoms with Gasteiger partial charge < -0.3 is 21.7 Å². The number of hydrogen-bond acceptors (Lipinski definition) is 7. The van der Waals surface area contributed by atoms with Crippen molar-refractivity contribution in [3.8, 4) is 0 Å². The summed E-state index contributed by atoms with van der Waals surface area (Å²) < 4.78 is 19.1. The molecule has 0 fully saturated rings. The van der Waals surface area contributed by atoms with Gasteiger partial charge in [-0.05, 0) is 53.7 Å². The fraction of sp³-hybridized carbons (Fsp3) is 0.308. The lowest BCUT2D eigenvalue weighted by atomic mass is 10.0. The van der Waals surface area contributed by atoms with Crippen LogP contribution < -0.4 is 26.6 Å². The Morgan fingerprint density at radius 1 is 1.08 bits per heavy atom. The number of benzene rings is 2. The minimum absolute atomic E-state index is 0.123. The van der Waals surface area contributed by atoms with E-state index in [0.29, 0.717) is 29.6 Å². The lowest BCUT2D eigenvalue weighted by molar-refractivity contribution is -0.122. The summed E-state index contributed by atoms with van der Waals surface area (Å²) in [4.78, 5) is 42.1. The number of para-hydroxylation sites is 1. The molecule has 1 atom stereocenters. The van der Waals surface area contributed by atoms with Crippen molar-refractivity contribution in [2.24, 2.45) is 11.7 Å². The first-order chi connectivity index (χ1) is 17.5. The largest absolute Gasteiger partial charge is 0.395 e. The fourth-order valence-corrected chi connectivity index (χ4v) is 4.45. The van der Waals surface area contributed by atoms with Gasteiger partial charge in [0, 0.05) is 26.3 Å². The van der Waals surface area contributed by atoms with Crippen molar-refractivity contribution in [3.63, 3.8) is 0 Å².